The van der Waals surface area contributed by atoms with Crippen LogP contribution in [0, 0.1) is 0 Å². The van der Waals surface area contributed by atoms with Crippen LogP contribution in [0.25, 0.3) is 10.2 Å². The summed E-state index contributed by atoms with van der Waals surface area (Å²) < 4.78 is 9.49. The zero-order valence-electron chi connectivity index (χ0n) is 13.6. The Morgan fingerprint density at radius 2 is 2.21 bits per heavy atom. The van der Waals surface area contributed by atoms with E-state index in [1.165, 1.54) is 0 Å². The summed E-state index contributed by atoms with van der Waals surface area (Å²) in [5.74, 6) is 0.785. The summed E-state index contributed by atoms with van der Waals surface area (Å²) in [7, 11) is 1.66. The largest absolute Gasteiger partial charge is 0.497 e. The highest BCUT2D eigenvalue weighted by Crippen LogP contribution is 2.34. The summed E-state index contributed by atoms with van der Waals surface area (Å²) in [5, 5.41) is 5.03. The maximum absolute atomic E-state index is 12.5. The molecule has 2 heterocycles. The van der Waals surface area contributed by atoms with E-state index in [0.717, 1.165) is 32.4 Å². The van der Waals surface area contributed by atoms with Crippen molar-refractivity contribution >= 4 is 43.4 Å². The van der Waals surface area contributed by atoms with Crippen LogP contribution in [0.15, 0.2) is 40.2 Å². The normalized spacial score (nSPS) is 11.0. The van der Waals surface area contributed by atoms with Gasteiger partial charge in [0.2, 0.25) is 0 Å². The molecule has 0 aliphatic heterocycles. The average Bonchev–Trinajstić information content (AvgIpc) is 3.13. The molecule has 2 aromatic heterocycles. The molecule has 0 saturated heterocycles. The molecule has 1 aromatic carbocycles. The Kier molecular flexibility index (Phi) is 5.26. The highest BCUT2D eigenvalue weighted by atomic mass is 79.9. The molecule has 6 heteroatoms. The maximum atomic E-state index is 12.5. The standard InChI is InChI=1S/C18H19BrN2O2S/c1-3-7-20-18(22)15-9-16-17(14(19)11-24-16)21(15)10-12-5-4-6-13(8-12)23-2/h4-6,8-9,11H,3,7,10H2,1-2H3,(H,20,22). The Hall–Kier alpha value is -1.79. The van der Waals surface area contributed by atoms with Gasteiger partial charge in [-0.2, -0.15) is 0 Å². The third-order valence-electron chi connectivity index (χ3n) is 3.82. The SMILES string of the molecule is CCCNC(=O)c1cc2scc(Br)c2n1Cc1cccc(OC)c1. The van der Waals surface area contributed by atoms with Crippen molar-refractivity contribution in [3.05, 3.63) is 51.4 Å². The number of nitrogens with zero attached hydrogens (tertiary/aromatic N) is 1. The van der Waals surface area contributed by atoms with E-state index >= 15 is 0 Å². The van der Waals surface area contributed by atoms with Gasteiger partial charge in [0.05, 0.1) is 21.8 Å². The van der Waals surface area contributed by atoms with Crippen LogP contribution < -0.4 is 10.1 Å². The summed E-state index contributed by atoms with van der Waals surface area (Å²) >= 11 is 5.24. The quantitative estimate of drug-likeness (QED) is 0.646. The van der Waals surface area contributed by atoms with E-state index < -0.39 is 0 Å². The molecule has 0 unspecified atom stereocenters. The number of hydrogen-bond donors (Lipinski definition) is 1. The number of methoxy groups -OCH3 is 1. The molecule has 4 nitrogen and oxygen atoms in total. The highest BCUT2D eigenvalue weighted by molar-refractivity contribution is 9.10. The molecule has 3 rings (SSSR count). The van der Waals surface area contributed by atoms with Crippen LogP contribution in [0.5, 0.6) is 5.75 Å². The molecule has 0 aliphatic carbocycles. The molecule has 0 bridgehead atoms. The number of ether oxygens (including phenoxy) is 1. The molecule has 0 spiro atoms. The van der Waals surface area contributed by atoms with E-state index in [4.69, 9.17) is 4.74 Å². The van der Waals surface area contributed by atoms with Crippen molar-refractivity contribution in [3.63, 3.8) is 0 Å². The first-order chi connectivity index (χ1) is 11.6. The third kappa shape index (κ3) is 3.35. The zero-order chi connectivity index (χ0) is 17.1. The summed E-state index contributed by atoms with van der Waals surface area (Å²) in [5.41, 5.74) is 2.84. The molecule has 0 radical (unpaired) electrons. The minimum Gasteiger partial charge on any atom is -0.497 e. The van der Waals surface area contributed by atoms with E-state index in [-0.39, 0.29) is 5.91 Å². The molecule has 3 aromatic rings. The molecule has 0 saturated carbocycles. The zero-order valence-corrected chi connectivity index (χ0v) is 16.0. The molecule has 0 fully saturated rings. The van der Waals surface area contributed by atoms with Gasteiger partial charge in [-0.25, -0.2) is 0 Å². The number of halogens is 1. The van der Waals surface area contributed by atoms with Crippen molar-refractivity contribution in [3.8, 4) is 5.75 Å². The number of amides is 1. The average molecular weight is 407 g/mol. The van der Waals surface area contributed by atoms with E-state index in [1.54, 1.807) is 18.4 Å². The topological polar surface area (TPSA) is 43.3 Å². The van der Waals surface area contributed by atoms with Gasteiger partial charge in [-0.1, -0.05) is 19.1 Å². The Morgan fingerprint density at radius 3 is 2.96 bits per heavy atom. The van der Waals surface area contributed by atoms with Gasteiger partial charge in [-0.15, -0.1) is 11.3 Å². The molecule has 0 aliphatic rings. The molecule has 126 valence electrons. The Labute approximate surface area is 153 Å². The van der Waals surface area contributed by atoms with E-state index in [0.29, 0.717) is 18.8 Å². The van der Waals surface area contributed by atoms with Crippen molar-refractivity contribution < 1.29 is 9.53 Å². The lowest BCUT2D eigenvalue weighted by atomic mass is 10.2. The van der Waals surface area contributed by atoms with Crippen LogP contribution >= 0.6 is 27.3 Å². The number of hydrogen-bond acceptors (Lipinski definition) is 3. The maximum Gasteiger partial charge on any atom is 0.267 e. The van der Waals surface area contributed by atoms with E-state index in [1.807, 2.05) is 37.3 Å². The predicted octanol–water partition coefficient (Wildman–Crippen LogP) is 4.66. The number of benzene rings is 1. The lowest BCUT2D eigenvalue weighted by Gasteiger charge is -2.12. The number of carbonyl (C=O) groups excluding carboxylic acids is 1. The smallest absolute Gasteiger partial charge is 0.267 e. The lowest BCUT2D eigenvalue weighted by Crippen LogP contribution is -2.26. The van der Waals surface area contributed by atoms with Gasteiger partial charge in [0.25, 0.3) is 5.91 Å². The van der Waals surface area contributed by atoms with Crippen LogP contribution in [0.3, 0.4) is 0 Å². The molecule has 1 N–H and O–H groups in total. The second kappa shape index (κ2) is 7.40. The second-order valence-corrected chi connectivity index (χ2v) is 7.29. The fourth-order valence-electron chi connectivity index (χ4n) is 2.67. The Morgan fingerprint density at radius 1 is 1.38 bits per heavy atom. The highest BCUT2D eigenvalue weighted by Gasteiger charge is 2.18. The summed E-state index contributed by atoms with van der Waals surface area (Å²) in [6.07, 6.45) is 0.917. The van der Waals surface area contributed by atoms with Gasteiger partial charge in [0.1, 0.15) is 11.4 Å². The molecule has 0 atom stereocenters. The van der Waals surface area contributed by atoms with Crippen LogP contribution in [-0.4, -0.2) is 24.1 Å². The van der Waals surface area contributed by atoms with Gasteiger partial charge in [0.15, 0.2) is 0 Å². The first-order valence-corrected chi connectivity index (χ1v) is 9.48. The van der Waals surface area contributed by atoms with Gasteiger partial charge < -0.3 is 14.6 Å². The first-order valence-electron chi connectivity index (χ1n) is 7.81. The fourth-order valence-corrected chi connectivity index (χ4v) is 4.36. The number of nitrogens with one attached hydrogen (secondary N) is 1. The molecular weight excluding hydrogens is 388 g/mol. The van der Waals surface area contributed by atoms with Crippen LogP contribution in [-0.2, 0) is 6.54 Å². The summed E-state index contributed by atoms with van der Waals surface area (Å²) in [6, 6.07) is 9.90. The fraction of sp³-hybridized carbons (Fsp3) is 0.278. The molecular formula is C18H19BrN2O2S. The number of fused-ring (bicyclic) bond motifs is 1. The molecule has 24 heavy (non-hydrogen) atoms. The third-order valence-corrected chi connectivity index (χ3v) is 5.65. The van der Waals surface area contributed by atoms with Crippen molar-refractivity contribution in [2.45, 2.75) is 19.9 Å². The summed E-state index contributed by atoms with van der Waals surface area (Å²) in [4.78, 5) is 12.5. The van der Waals surface area contributed by atoms with Crippen molar-refractivity contribution in [1.29, 1.82) is 0 Å². The predicted molar refractivity (Wildman–Crippen MR) is 102 cm³/mol. The minimum absolute atomic E-state index is 0.0324. The van der Waals surface area contributed by atoms with Crippen LogP contribution in [0.1, 0.15) is 29.4 Å². The van der Waals surface area contributed by atoms with Crippen molar-refractivity contribution in [1.82, 2.24) is 9.88 Å². The van der Waals surface area contributed by atoms with Crippen molar-refractivity contribution in [2.75, 3.05) is 13.7 Å². The monoisotopic (exact) mass is 406 g/mol. The Bertz CT molecular complexity index is 869. The number of thiophene rings is 1. The van der Waals surface area contributed by atoms with Gasteiger partial charge in [-0.3, -0.25) is 4.79 Å². The minimum atomic E-state index is -0.0324. The number of carbonyl (C=O) groups is 1. The van der Waals surface area contributed by atoms with Crippen LogP contribution in [0.2, 0.25) is 0 Å². The number of rotatable bonds is 6. The van der Waals surface area contributed by atoms with Gasteiger partial charge >= 0.3 is 0 Å². The molecule has 1 amide bonds. The number of aromatic nitrogens is 1. The summed E-state index contributed by atoms with van der Waals surface area (Å²) in [6.45, 7) is 3.34. The Balaban J connectivity index is 2.03. The lowest BCUT2D eigenvalue weighted by molar-refractivity contribution is 0.0945. The van der Waals surface area contributed by atoms with E-state index in [9.17, 15) is 4.79 Å². The van der Waals surface area contributed by atoms with Gasteiger partial charge in [-0.05, 0) is 46.1 Å². The van der Waals surface area contributed by atoms with Crippen LogP contribution in [0.4, 0.5) is 0 Å². The van der Waals surface area contributed by atoms with E-state index in [2.05, 4.69) is 31.2 Å². The second-order valence-electron chi connectivity index (χ2n) is 5.52. The first kappa shape index (κ1) is 17.0. The van der Waals surface area contributed by atoms with Crippen molar-refractivity contribution in [2.24, 2.45) is 0 Å². The van der Waals surface area contributed by atoms with Gasteiger partial charge in [0, 0.05) is 18.5 Å².